The smallest absolute Gasteiger partial charge is 0.341 e. The second-order valence-electron chi connectivity index (χ2n) is 17.6. The van der Waals surface area contributed by atoms with Crippen LogP contribution >= 0.6 is 0 Å². The van der Waals surface area contributed by atoms with Crippen LogP contribution in [0.25, 0.3) is 5.57 Å². The number of sulfone groups is 1. The second-order valence-corrected chi connectivity index (χ2v) is 19.9. The number of allylic oxidation sites excluding steroid dienone is 2. The minimum absolute atomic E-state index is 0.0262. The van der Waals surface area contributed by atoms with Crippen LogP contribution in [0.4, 0.5) is 8.78 Å². The molecule has 49 heavy (non-hydrogen) atoms. The number of hydrogen-bond acceptors (Lipinski definition) is 5. The highest BCUT2D eigenvalue weighted by Gasteiger charge is 2.66. The van der Waals surface area contributed by atoms with Gasteiger partial charge in [0.1, 0.15) is 17.2 Å². The zero-order chi connectivity index (χ0) is 35.1. The van der Waals surface area contributed by atoms with Gasteiger partial charge in [-0.05, 0) is 127 Å². The van der Waals surface area contributed by atoms with Crippen molar-refractivity contribution in [3.05, 3.63) is 41.0 Å². The number of fused-ring (bicyclic) bond motifs is 7. The van der Waals surface area contributed by atoms with Crippen LogP contribution in [0.15, 0.2) is 18.2 Å². The van der Waals surface area contributed by atoms with Crippen molar-refractivity contribution in [2.24, 2.45) is 51.2 Å². The number of nitrogens with zero attached hydrogens (tertiary/aromatic N) is 1. The number of carbonyl (C=O) groups excluding carboxylic acids is 1. The number of carboxylic acid groups (broad SMARTS) is 1. The number of hydrogen-bond donors (Lipinski definition) is 2. The molecule has 270 valence electrons. The normalized spacial score (nSPS) is 39.5. The molecule has 7 nitrogen and oxygen atoms in total. The van der Waals surface area contributed by atoms with Crippen molar-refractivity contribution in [3.63, 3.8) is 0 Å². The average Bonchev–Trinajstić information content (AvgIpc) is 3.47. The Kier molecular flexibility index (Phi) is 8.69. The van der Waals surface area contributed by atoms with Crippen LogP contribution in [-0.4, -0.2) is 68.0 Å². The summed E-state index contributed by atoms with van der Waals surface area (Å²) in [6.45, 7) is 11.7. The molecule has 1 aromatic rings. The maximum absolute atomic E-state index is 14.8. The van der Waals surface area contributed by atoms with Gasteiger partial charge < -0.3 is 10.4 Å². The first-order chi connectivity index (χ1) is 23.0. The lowest BCUT2D eigenvalue weighted by atomic mass is 9.36. The van der Waals surface area contributed by atoms with E-state index in [9.17, 15) is 31.9 Å². The van der Waals surface area contributed by atoms with E-state index < -0.39 is 33.0 Å². The summed E-state index contributed by atoms with van der Waals surface area (Å²) in [7, 11) is -2.92. The molecule has 2 N–H and O–H groups in total. The standard InChI is InChI=1S/C39H54F2N2O5S/c1-36(2)26(24-22-29(40)33(34(44)45)30(41)23-24)9-13-38(4)31(36)11-14-37(3)27-10-15-39(12-5-6-28(39)25(27)7-8-32(37)38)35(46)42-16-17-43-18-20-49(47,48)21-19-43/h9,22-23,25,27-28,31-32H,5-8,10-21H2,1-4H3,(H,42,46)(H,44,45)/t25-,27?,28?,31?,32?,37-,38-,39-/m0/s1. The van der Waals surface area contributed by atoms with E-state index in [1.165, 1.54) is 12.1 Å². The molecule has 7 rings (SSSR count). The number of aromatic carboxylic acids is 1. The lowest BCUT2D eigenvalue weighted by molar-refractivity contribution is -0.181. The molecule has 8 atom stereocenters. The van der Waals surface area contributed by atoms with E-state index in [0.717, 1.165) is 69.8 Å². The van der Waals surface area contributed by atoms with Crippen molar-refractivity contribution in [1.82, 2.24) is 10.2 Å². The molecule has 4 unspecified atom stereocenters. The van der Waals surface area contributed by atoms with Gasteiger partial charge in [-0.2, -0.15) is 0 Å². The van der Waals surface area contributed by atoms with Gasteiger partial charge in [0.2, 0.25) is 5.91 Å². The second kappa shape index (κ2) is 12.1. The number of carbonyl (C=O) groups is 2. The Morgan fingerprint density at radius 1 is 0.898 bits per heavy atom. The molecule has 1 saturated heterocycles. The molecule has 6 aliphatic rings. The van der Waals surface area contributed by atoms with E-state index in [0.29, 0.717) is 61.3 Å². The van der Waals surface area contributed by atoms with Crippen LogP contribution in [0.2, 0.25) is 0 Å². The third kappa shape index (κ3) is 5.51. The number of nitrogens with one attached hydrogen (secondary N) is 1. The highest BCUT2D eigenvalue weighted by Crippen LogP contribution is 2.73. The minimum atomic E-state index is -2.92. The molecule has 0 radical (unpaired) electrons. The molecule has 0 spiro atoms. The molecule has 1 aliphatic heterocycles. The quantitative estimate of drug-likeness (QED) is 0.333. The Balaban J connectivity index is 1.08. The summed E-state index contributed by atoms with van der Waals surface area (Å²) in [4.78, 5) is 27.6. The molecule has 0 bridgehead atoms. The van der Waals surface area contributed by atoms with Crippen molar-refractivity contribution in [2.75, 3.05) is 37.7 Å². The first-order valence-corrected chi connectivity index (χ1v) is 20.5. The maximum Gasteiger partial charge on any atom is 0.341 e. The van der Waals surface area contributed by atoms with Crippen LogP contribution in [0.1, 0.15) is 108 Å². The van der Waals surface area contributed by atoms with Crippen LogP contribution in [0.5, 0.6) is 0 Å². The van der Waals surface area contributed by atoms with E-state index in [4.69, 9.17) is 0 Å². The summed E-state index contributed by atoms with van der Waals surface area (Å²) in [5, 5.41) is 12.6. The van der Waals surface area contributed by atoms with Crippen molar-refractivity contribution in [3.8, 4) is 0 Å². The maximum atomic E-state index is 14.8. The van der Waals surface area contributed by atoms with Gasteiger partial charge in [-0.25, -0.2) is 22.0 Å². The predicted octanol–water partition coefficient (Wildman–Crippen LogP) is 6.97. The predicted molar refractivity (Wildman–Crippen MR) is 185 cm³/mol. The van der Waals surface area contributed by atoms with Crippen molar-refractivity contribution >= 4 is 27.3 Å². The van der Waals surface area contributed by atoms with Crippen LogP contribution < -0.4 is 5.32 Å². The van der Waals surface area contributed by atoms with Gasteiger partial charge in [-0.15, -0.1) is 0 Å². The largest absolute Gasteiger partial charge is 0.477 e. The summed E-state index contributed by atoms with van der Waals surface area (Å²) < 4.78 is 53.3. The molecule has 10 heteroatoms. The number of carboxylic acids is 1. The molecule has 0 aromatic heterocycles. The van der Waals surface area contributed by atoms with Crippen molar-refractivity contribution in [1.29, 1.82) is 0 Å². The molecule has 1 aromatic carbocycles. The zero-order valence-corrected chi connectivity index (χ0v) is 30.4. The molecule has 5 aliphatic carbocycles. The highest BCUT2D eigenvalue weighted by molar-refractivity contribution is 7.91. The summed E-state index contributed by atoms with van der Waals surface area (Å²) in [5.41, 5.74) is 0.00338. The third-order valence-corrected chi connectivity index (χ3v) is 16.9. The number of benzene rings is 1. The van der Waals surface area contributed by atoms with Crippen molar-refractivity contribution < 1.29 is 31.9 Å². The van der Waals surface area contributed by atoms with Gasteiger partial charge in [0.25, 0.3) is 0 Å². The average molecular weight is 701 g/mol. The monoisotopic (exact) mass is 700 g/mol. The van der Waals surface area contributed by atoms with E-state index in [1.54, 1.807) is 0 Å². The van der Waals surface area contributed by atoms with Crippen LogP contribution in [-0.2, 0) is 14.6 Å². The summed E-state index contributed by atoms with van der Waals surface area (Å²) in [6.07, 6.45) is 12.6. The van der Waals surface area contributed by atoms with Crippen molar-refractivity contribution in [2.45, 2.75) is 91.9 Å². The molecular weight excluding hydrogens is 647 g/mol. The number of amides is 1. The Morgan fingerprint density at radius 2 is 1.59 bits per heavy atom. The highest BCUT2D eigenvalue weighted by atomic mass is 32.2. The van der Waals surface area contributed by atoms with Crippen LogP contribution in [0.3, 0.4) is 0 Å². The Bertz CT molecular complexity index is 1640. The first kappa shape index (κ1) is 35.1. The molecule has 5 fully saturated rings. The van der Waals surface area contributed by atoms with Gasteiger partial charge in [0.15, 0.2) is 9.84 Å². The lowest BCUT2D eigenvalue weighted by Crippen LogP contribution is -2.62. The van der Waals surface area contributed by atoms with E-state index in [2.05, 4.69) is 44.0 Å². The van der Waals surface area contributed by atoms with E-state index >= 15 is 0 Å². The fraction of sp³-hybridized carbons (Fsp3) is 0.744. The van der Waals surface area contributed by atoms with Gasteiger partial charge in [0, 0.05) is 26.2 Å². The number of halogens is 2. The van der Waals surface area contributed by atoms with E-state index in [-0.39, 0.29) is 39.1 Å². The minimum Gasteiger partial charge on any atom is -0.477 e. The van der Waals surface area contributed by atoms with Gasteiger partial charge >= 0.3 is 5.97 Å². The van der Waals surface area contributed by atoms with Gasteiger partial charge in [0.05, 0.1) is 16.9 Å². The third-order valence-electron chi connectivity index (χ3n) is 15.3. The molecule has 1 amide bonds. The molecule has 4 saturated carbocycles. The SMILES string of the molecule is CC1(C)C(c2cc(F)c(C(=O)O)c(F)c2)=CC[C@@]2(C)C1CC[C@@]1(C)C3CC[C@@]4(C(=O)NCCN5CCS(=O)(=O)CC5)CCCC4[C@H]3CCC12. The Hall–Kier alpha value is -2.33. The Labute approximate surface area is 290 Å². The first-order valence-electron chi connectivity index (χ1n) is 18.7. The molecular formula is C39H54F2N2O5S. The Morgan fingerprint density at radius 3 is 2.27 bits per heavy atom. The lowest BCUT2D eigenvalue weighted by Gasteiger charge is -2.68. The summed E-state index contributed by atoms with van der Waals surface area (Å²) in [5.74, 6) is -0.692. The zero-order valence-electron chi connectivity index (χ0n) is 29.6. The van der Waals surface area contributed by atoms with Gasteiger partial charge in [-0.3, -0.25) is 9.69 Å². The fourth-order valence-electron chi connectivity index (χ4n) is 13.1. The summed E-state index contributed by atoms with van der Waals surface area (Å²) in [6, 6.07) is 2.40. The van der Waals surface area contributed by atoms with Crippen LogP contribution in [0, 0.1) is 62.9 Å². The van der Waals surface area contributed by atoms with Gasteiger partial charge in [-0.1, -0.05) is 40.2 Å². The fourth-order valence-corrected chi connectivity index (χ4v) is 14.4. The summed E-state index contributed by atoms with van der Waals surface area (Å²) >= 11 is 0. The number of rotatable bonds is 6. The van der Waals surface area contributed by atoms with E-state index in [1.807, 2.05) is 0 Å². The topological polar surface area (TPSA) is 104 Å². The molecule has 1 heterocycles.